The van der Waals surface area contributed by atoms with Crippen molar-refractivity contribution in [1.29, 1.82) is 0 Å². The standard InChI is InChI=1S/C18H22N4O5/c23-15(10-20-18(24)26-12-13-4-2-1-3-5-13)19-11-16-21-17(22-27-16)14-6-8-25-9-7-14/h1-5,14H,6-12H2,(H,19,23)(H,20,24). The van der Waals surface area contributed by atoms with Gasteiger partial charge in [0.05, 0.1) is 6.54 Å². The van der Waals surface area contributed by atoms with E-state index in [9.17, 15) is 9.59 Å². The summed E-state index contributed by atoms with van der Waals surface area (Å²) < 4.78 is 15.5. The highest BCUT2D eigenvalue weighted by molar-refractivity contribution is 5.81. The molecule has 2 amide bonds. The SMILES string of the molecule is O=C(CNC(=O)OCc1ccccc1)NCc1nc(C2CCOCC2)no1. The number of carbonyl (C=O) groups excluding carboxylic acids is 2. The summed E-state index contributed by atoms with van der Waals surface area (Å²) in [5.74, 6) is 0.826. The first kappa shape index (κ1) is 18.8. The van der Waals surface area contributed by atoms with Crippen LogP contribution in [-0.2, 0) is 27.4 Å². The Morgan fingerprint density at radius 3 is 2.70 bits per heavy atom. The fourth-order valence-corrected chi connectivity index (χ4v) is 2.62. The number of ether oxygens (including phenoxy) is 2. The summed E-state index contributed by atoms with van der Waals surface area (Å²) in [6.45, 7) is 1.43. The molecule has 1 aliphatic heterocycles. The summed E-state index contributed by atoms with van der Waals surface area (Å²) in [7, 11) is 0. The molecule has 144 valence electrons. The van der Waals surface area contributed by atoms with Crippen LogP contribution in [0.4, 0.5) is 4.79 Å². The van der Waals surface area contributed by atoms with Crippen LogP contribution in [-0.4, -0.2) is 41.9 Å². The van der Waals surface area contributed by atoms with Crippen LogP contribution < -0.4 is 10.6 Å². The fraction of sp³-hybridized carbons (Fsp3) is 0.444. The van der Waals surface area contributed by atoms with Crippen molar-refractivity contribution in [2.45, 2.75) is 31.9 Å². The number of hydrogen-bond donors (Lipinski definition) is 2. The van der Waals surface area contributed by atoms with E-state index in [0.717, 1.165) is 18.4 Å². The molecule has 3 rings (SSSR count). The van der Waals surface area contributed by atoms with E-state index in [0.29, 0.717) is 24.9 Å². The average Bonchev–Trinajstić information content (AvgIpc) is 3.20. The lowest BCUT2D eigenvalue weighted by Crippen LogP contribution is -2.36. The zero-order valence-corrected chi connectivity index (χ0v) is 14.8. The number of nitrogens with one attached hydrogen (secondary N) is 2. The van der Waals surface area contributed by atoms with Crippen LogP contribution in [0.3, 0.4) is 0 Å². The van der Waals surface area contributed by atoms with Crippen LogP contribution in [0.25, 0.3) is 0 Å². The number of alkyl carbamates (subject to hydrolysis) is 1. The van der Waals surface area contributed by atoms with E-state index in [1.807, 2.05) is 30.3 Å². The van der Waals surface area contributed by atoms with E-state index >= 15 is 0 Å². The first-order valence-electron chi connectivity index (χ1n) is 8.82. The molecule has 2 heterocycles. The van der Waals surface area contributed by atoms with E-state index in [2.05, 4.69) is 20.8 Å². The van der Waals surface area contributed by atoms with Gasteiger partial charge in [-0.25, -0.2) is 4.79 Å². The summed E-state index contributed by atoms with van der Waals surface area (Å²) in [5, 5.41) is 8.97. The summed E-state index contributed by atoms with van der Waals surface area (Å²) in [4.78, 5) is 27.7. The molecule has 27 heavy (non-hydrogen) atoms. The van der Waals surface area contributed by atoms with Gasteiger partial charge >= 0.3 is 6.09 Å². The molecule has 1 aliphatic rings. The predicted octanol–water partition coefficient (Wildman–Crippen LogP) is 1.51. The van der Waals surface area contributed by atoms with Gasteiger partial charge in [-0.1, -0.05) is 35.5 Å². The Balaban J connectivity index is 1.33. The molecule has 2 N–H and O–H groups in total. The quantitative estimate of drug-likeness (QED) is 0.754. The summed E-state index contributed by atoms with van der Waals surface area (Å²) >= 11 is 0. The number of nitrogens with zero attached hydrogens (tertiary/aromatic N) is 2. The lowest BCUT2D eigenvalue weighted by atomic mass is 10.00. The second-order valence-electron chi connectivity index (χ2n) is 6.12. The van der Waals surface area contributed by atoms with Crippen molar-refractivity contribution in [2.75, 3.05) is 19.8 Å². The lowest BCUT2D eigenvalue weighted by Gasteiger charge is -2.18. The third-order valence-electron chi connectivity index (χ3n) is 4.11. The lowest BCUT2D eigenvalue weighted by molar-refractivity contribution is -0.120. The van der Waals surface area contributed by atoms with Crippen molar-refractivity contribution in [1.82, 2.24) is 20.8 Å². The first-order chi connectivity index (χ1) is 13.2. The Kier molecular flexibility index (Phi) is 6.75. The minimum atomic E-state index is -0.659. The van der Waals surface area contributed by atoms with Crippen LogP contribution in [0, 0.1) is 0 Å². The van der Waals surface area contributed by atoms with E-state index in [1.165, 1.54) is 0 Å². The molecule has 2 aromatic rings. The zero-order chi connectivity index (χ0) is 18.9. The monoisotopic (exact) mass is 374 g/mol. The molecule has 9 heteroatoms. The molecule has 0 bridgehead atoms. The number of rotatable bonds is 7. The number of aromatic nitrogens is 2. The fourth-order valence-electron chi connectivity index (χ4n) is 2.62. The van der Waals surface area contributed by atoms with Gasteiger partial charge in [0.25, 0.3) is 0 Å². The molecular formula is C18H22N4O5. The molecular weight excluding hydrogens is 352 g/mol. The molecule has 1 aromatic carbocycles. The minimum Gasteiger partial charge on any atom is -0.445 e. The van der Waals surface area contributed by atoms with E-state index in [-0.39, 0.29) is 31.5 Å². The van der Waals surface area contributed by atoms with Crippen molar-refractivity contribution in [3.05, 3.63) is 47.6 Å². The molecule has 0 aliphatic carbocycles. The number of benzene rings is 1. The highest BCUT2D eigenvalue weighted by atomic mass is 16.5. The van der Waals surface area contributed by atoms with Crippen molar-refractivity contribution >= 4 is 12.0 Å². The molecule has 0 atom stereocenters. The Labute approximate surface area is 156 Å². The summed E-state index contributed by atoms with van der Waals surface area (Å²) in [6, 6.07) is 9.28. The maximum Gasteiger partial charge on any atom is 0.407 e. The Morgan fingerprint density at radius 2 is 1.93 bits per heavy atom. The molecule has 1 saturated heterocycles. The van der Waals surface area contributed by atoms with Crippen molar-refractivity contribution in [3.63, 3.8) is 0 Å². The normalized spacial score (nSPS) is 14.5. The van der Waals surface area contributed by atoms with Crippen molar-refractivity contribution in [2.24, 2.45) is 0 Å². The third kappa shape index (κ3) is 6.07. The molecule has 0 spiro atoms. The zero-order valence-electron chi connectivity index (χ0n) is 14.8. The predicted molar refractivity (Wildman–Crippen MR) is 93.6 cm³/mol. The maximum absolute atomic E-state index is 11.8. The first-order valence-corrected chi connectivity index (χ1v) is 8.82. The van der Waals surface area contributed by atoms with Gasteiger partial charge in [0, 0.05) is 19.1 Å². The van der Waals surface area contributed by atoms with E-state index < -0.39 is 6.09 Å². The highest BCUT2D eigenvalue weighted by Gasteiger charge is 2.21. The van der Waals surface area contributed by atoms with Gasteiger partial charge in [-0.2, -0.15) is 4.98 Å². The van der Waals surface area contributed by atoms with Crippen LogP contribution in [0.15, 0.2) is 34.9 Å². The van der Waals surface area contributed by atoms with Crippen molar-refractivity contribution in [3.8, 4) is 0 Å². The van der Waals surface area contributed by atoms with Gasteiger partial charge in [0.1, 0.15) is 13.2 Å². The maximum atomic E-state index is 11.8. The van der Waals surface area contributed by atoms with Gasteiger partial charge in [-0.3, -0.25) is 4.79 Å². The Hall–Kier alpha value is -2.94. The van der Waals surface area contributed by atoms with Gasteiger partial charge in [-0.15, -0.1) is 0 Å². The largest absolute Gasteiger partial charge is 0.445 e. The number of hydrogen-bond acceptors (Lipinski definition) is 7. The van der Waals surface area contributed by atoms with Crippen LogP contribution in [0.2, 0.25) is 0 Å². The molecule has 1 aromatic heterocycles. The summed E-state index contributed by atoms with van der Waals surface area (Å²) in [6.07, 6.45) is 1.06. The topological polar surface area (TPSA) is 116 Å². The van der Waals surface area contributed by atoms with Gasteiger partial charge in [-0.05, 0) is 18.4 Å². The van der Waals surface area contributed by atoms with Gasteiger partial charge < -0.3 is 24.6 Å². The second-order valence-corrected chi connectivity index (χ2v) is 6.12. The Bertz CT molecular complexity index is 743. The second kappa shape index (κ2) is 9.67. The van der Waals surface area contributed by atoms with Crippen LogP contribution >= 0.6 is 0 Å². The highest BCUT2D eigenvalue weighted by Crippen LogP contribution is 2.24. The average molecular weight is 374 g/mol. The third-order valence-corrected chi connectivity index (χ3v) is 4.11. The van der Waals surface area contributed by atoms with E-state index in [4.69, 9.17) is 14.0 Å². The Morgan fingerprint density at radius 1 is 1.15 bits per heavy atom. The van der Waals surface area contributed by atoms with E-state index in [1.54, 1.807) is 0 Å². The van der Waals surface area contributed by atoms with Gasteiger partial charge in [0.15, 0.2) is 5.82 Å². The molecule has 9 nitrogen and oxygen atoms in total. The molecule has 1 fully saturated rings. The molecule has 0 radical (unpaired) electrons. The minimum absolute atomic E-state index is 0.107. The molecule has 0 unspecified atom stereocenters. The molecule has 0 saturated carbocycles. The van der Waals surface area contributed by atoms with Crippen LogP contribution in [0.5, 0.6) is 0 Å². The summed E-state index contributed by atoms with van der Waals surface area (Å²) in [5.41, 5.74) is 0.869. The number of carbonyl (C=O) groups is 2. The smallest absolute Gasteiger partial charge is 0.407 e. The van der Waals surface area contributed by atoms with Gasteiger partial charge in [0.2, 0.25) is 11.8 Å². The van der Waals surface area contributed by atoms with Crippen LogP contribution in [0.1, 0.15) is 36.0 Å². The van der Waals surface area contributed by atoms with Crippen molar-refractivity contribution < 1.29 is 23.6 Å². The number of amides is 2.